The highest BCUT2D eigenvalue weighted by Crippen LogP contribution is 2.18. The van der Waals surface area contributed by atoms with Gasteiger partial charge in [-0.3, -0.25) is 4.79 Å². The number of carbonyl (C=O) groups is 2. The number of rotatable bonds is 5. The molecule has 24 heavy (non-hydrogen) atoms. The molecule has 0 aliphatic heterocycles. The van der Waals surface area contributed by atoms with Crippen LogP contribution < -0.4 is 5.32 Å². The minimum absolute atomic E-state index is 0.209. The van der Waals surface area contributed by atoms with Crippen LogP contribution in [0, 0.1) is 0 Å². The number of hydrogen-bond acceptors (Lipinski definition) is 5. The van der Waals surface area contributed by atoms with E-state index in [1.807, 2.05) is 0 Å². The number of ether oxygens (including phenoxy) is 1. The van der Waals surface area contributed by atoms with Crippen molar-refractivity contribution >= 4 is 11.9 Å². The van der Waals surface area contributed by atoms with Crippen LogP contribution in [0.1, 0.15) is 43.0 Å². The predicted molar refractivity (Wildman–Crippen MR) is 86.6 cm³/mol. The minimum atomic E-state index is -0.812. The zero-order chi connectivity index (χ0) is 16.9. The minimum Gasteiger partial charge on any atom is -0.449 e. The summed E-state index contributed by atoms with van der Waals surface area (Å²) in [5.74, 6) is -0.760. The smallest absolute Gasteiger partial charge is 0.338 e. The maximum atomic E-state index is 12.2. The normalized spacial score (nSPS) is 15.9. The first-order chi connectivity index (χ1) is 11.6. The summed E-state index contributed by atoms with van der Waals surface area (Å²) in [5.41, 5.74) is 1.18. The Morgan fingerprint density at radius 1 is 1.25 bits per heavy atom. The monoisotopic (exact) mass is 328 g/mol. The first kappa shape index (κ1) is 16.2. The largest absolute Gasteiger partial charge is 0.449 e. The zero-order valence-corrected chi connectivity index (χ0v) is 13.5. The third-order valence-corrected chi connectivity index (χ3v) is 4.14. The van der Waals surface area contributed by atoms with Gasteiger partial charge in [-0.2, -0.15) is 5.10 Å². The summed E-state index contributed by atoms with van der Waals surface area (Å²) in [5, 5.41) is 6.95. The van der Waals surface area contributed by atoms with E-state index in [9.17, 15) is 9.59 Å². The number of benzene rings is 1. The SMILES string of the molecule is CC(OC(=O)c1ccc(-n2cncn2)cc1)C(=O)NC1CCCC1. The fraction of sp³-hybridized carbons (Fsp3) is 0.412. The van der Waals surface area contributed by atoms with E-state index >= 15 is 0 Å². The predicted octanol–water partition coefficient (Wildman–Crippen LogP) is 1.87. The summed E-state index contributed by atoms with van der Waals surface area (Å²) in [4.78, 5) is 28.1. The number of esters is 1. The molecule has 1 aliphatic carbocycles. The quantitative estimate of drug-likeness (QED) is 0.847. The molecule has 1 aromatic carbocycles. The Kier molecular flexibility index (Phi) is 4.88. The molecule has 1 unspecified atom stereocenters. The summed E-state index contributed by atoms with van der Waals surface area (Å²) < 4.78 is 6.84. The Morgan fingerprint density at radius 3 is 2.58 bits per heavy atom. The molecule has 1 aromatic heterocycles. The van der Waals surface area contributed by atoms with Gasteiger partial charge in [0.2, 0.25) is 0 Å². The molecule has 3 rings (SSSR count). The Hall–Kier alpha value is -2.70. The van der Waals surface area contributed by atoms with E-state index in [0.717, 1.165) is 31.4 Å². The van der Waals surface area contributed by atoms with Crippen LogP contribution in [0.3, 0.4) is 0 Å². The van der Waals surface area contributed by atoms with Crippen molar-refractivity contribution < 1.29 is 14.3 Å². The van der Waals surface area contributed by atoms with Gasteiger partial charge in [-0.05, 0) is 44.0 Å². The first-order valence-corrected chi connectivity index (χ1v) is 8.10. The second-order valence-corrected chi connectivity index (χ2v) is 5.92. The van der Waals surface area contributed by atoms with Gasteiger partial charge in [0.25, 0.3) is 5.91 Å². The van der Waals surface area contributed by atoms with E-state index in [2.05, 4.69) is 15.4 Å². The van der Waals surface area contributed by atoms with Gasteiger partial charge >= 0.3 is 5.97 Å². The van der Waals surface area contributed by atoms with Crippen LogP contribution in [0.2, 0.25) is 0 Å². The van der Waals surface area contributed by atoms with Crippen LogP contribution in [0.25, 0.3) is 5.69 Å². The lowest BCUT2D eigenvalue weighted by atomic mass is 10.2. The van der Waals surface area contributed by atoms with Gasteiger partial charge in [-0.1, -0.05) is 12.8 Å². The number of carbonyl (C=O) groups excluding carboxylic acids is 2. The van der Waals surface area contributed by atoms with Crippen LogP contribution in [-0.2, 0) is 9.53 Å². The second-order valence-electron chi connectivity index (χ2n) is 5.92. The lowest BCUT2D eigenvalue weighted by molar-refractivity contribution is -0.129. The molecule has 7 nitrogen and oxygen atoms in total. The standard InChI is InChI=1S/C17H20N4O3/c1-12(16(22)20-14-4-2-3-5-14)24-17(23)13-6-8-15(9-7-13)21-11-18-10-19-21/h6-12,14H,2-5H2,1H3,(H,20,22). The molecule has 1 heterocycles. The fourth-order valence-corrected chi connectivity index (χ4v) is 2.76. The summed E-state index contributed by atoms with van der Waals surface area (Å²) in [6.07, 6.45) is 6.46. The third-order valence-electron chi connectivity index (χ3n) is 4.14. The van der Waals surface area contributed by atoms with Gasteiger partial charge < -0.3 is 10.1 Å². The molecule has 1 N–H and O–H groups in total. The van der Waals surface area contributed by atoms with E-state index in [1.165, 1.54) is 6.33 Å². The van der Waals surface area contributed by atoms with E-state index in [-0.39, 0.29) is 11.9 Å². The zero-order valence-electron chi connectivity index (χ0n) is 13.5. The Bertz CT molecular complexity index is 691. The Labute approximate surface area is 140 Å². The third kappa shape index (κ3) is 3.79. The topological polar surface area (TPSA) is 86.1 Å². The molecule has 1 amide bonds. The molecule has 0 radical (unpaired) electrons. The second kappa shape index (κ2) is 7.25. The van der Waals surface area contributed by atoms with Crippen LogP contribution in [0.5, 0.6) is 0 Å². The van der Waals surface area contributed by atoms with Crippen LogP contribution in [-0.4, -0.2) is 38.8 Å². The average molecular weight is 328 g/mol. The molecule has 0 bridgehead atoms. The van der Waals surface area contributed by atoms with Crippen molar-refractivity contribution in [2.45, 2.75) is 44.8 Å². The molecule has 1 atom stereocenters. The molecule has 126 valence electrons. The summed E-state index contributed by atoms with van der Waals surface area (Å²) in [6.45, 7) is 1.59. The molecule has 1 aliphatic rings. The van der Waals surface area contributed by atoms with Crippen molar-refractivity contribution in [3.63, 3.8) is 0 Å². The maximum absolute atomic E-state index is 12.2. The molecular weight excluding hydrogens is 308 g/mol. The number of nitrogens with zero attached hydrogens (tertiary/aromatic N) is 3. The maximum Gasteiger partial charge on any atom is 0.338 e. The van der Waals surface area contributed by atoms with Gasteiger partial charge in [-0.15, -0.1) is 0 Å². The van der Waals surface area contributed by atoms with Crippen LogP contribution in [0.4, 0.5) is 0 Å². The highest BCUT2D eigenvalue weighted by Gasteiger charge is 2.23. The number of hydrogen-bond donors (Lipinski definition) is 1. The summed E-state index contributed by atoms with van der Waals surface area (Å²) >= 11 is 0. The van der Waals surface area contributed by atoms with Crippen LogP contribution >= 0.6 is 0 Å². The molecule has 0 spiro atoms. The summed E-state index contributed by atoms with van der Waals surface area (Å²) in [7, 11) is 0. The van der Waals surface area contributed by atoms with E-state index in [0.29, 0.717) is 5.56 Å². The molecule has 7 heteroatoms. The van der Waals surface area contributed by atoms with Crippen LogP contribution in [0.15, 0.2) is 36.9 Å². The van der Waals surface area contributed by atoms with Crippen molar-refractivity contribution in [3.05, 3.63) is 42.5 Å². The van der Waals surface area contributed by atoms with Gasteiger partial charge in [-0.25, -0.2) is 14.5 Å². The van der Waals surface area contributed by atoms with E-state index in [4.69, 9.17) is 4.74 Å². The van der Waals surface area contributed by atoms with Gasteiger partial charge in [0, 0.05) is 6.04 Å². The molecular formula is C17H20N4O3. The lowest BCUT2D eigenvalue weighted by Crippen LogP contribution is -2.40. The van der Waals surface area contributed by atoms with Crippen molar-refractivity contribution in [1.82, 2.24) is 20.1 Å². The van der Waals surface area contributed by atoms with Gasteiger partial charge in [0.15, 0.2) is 6.10 Å². The van der Waals surface area contributed by atoms with E-state index in [1.54, 1.807) is 42.2 Å². The highest BCUT2D eigenvalue weighted by atomic mass is 16.5. The van der Waals surface area contributed by atoms with Crippen molar-refractivity contribution in [2.24, 2.45) is 0 Å². The number of aromatic nitrogens is 3. The highest BCUT2D eigenvalue weighted by molar-refractivity contribution is 5.92. The average Bonchev–Trinajstić information content (AvgIpc) is 3.28. The van der Waals surface area contributed by atoms with Crippen molar-refractivity contribution in [2.75, 3.05) is 0 Å². The number of nitrogens with one attached hydrogen (secondary N) is 1. The molecule has 1 fully saturated rings. The molecule has 2 aromatic rings. The molecule has 0 saturated heterocycles. The van der Waals surface area contributed by atoms with Crippen molar-refractivity contribution in [3.8, 4) is 5.69 Å². The Morgan fingerprint density at radius 2 is 1.96 bits per heavy atom. The van der Waals surface area contributed by atoms with E-state index < -0.39 is 12.1 Å². The number of amides is 1. The fourth-order valence-electron chi connectivity index (χ4n) is 2.76. The Balaban J connectivity index is 1.56. The summed E-state index contributed by atoms with van der Waals surface area (Å²) in [6, 6.07) is 6.98. The molecule has 1 saturated carbocycles. The van der Waals surface area contributed by atoms with Crippen molar-refractivity contribution in [1.29, 1.82) is 0 Å². The van der Waals surface area contributed by atoms with Gasteiger partial charge in [0.1, 0.15) is 12.7 Å². The lowest BCUT2D eigenvalue weighted by Gasteiger charge is -2.17. The van der Waals surface area contributed by atoms with Gasteiger partial charge in [0.05, 0.1) is 11.3 Å². The first-order valence-electron chi connectivity index (χ1n) is 8.10.